The molecule has 1 aliphatic rings. The molecule has 3 heteroatoms. The topological polar surface area (TPSA) is 46.5 Å². The molecule has 0 heterocycles. The van der Waals surface area contributed by atoms with Gasteiger partial charge in [0, 0.05) is 12.2 Å². The molecule has 86 valence electrons. The normalized spacial score (nSPS) is 26.0. The van der Waals surface area contributed by atoms with E-state index in [9.17, 15) is 4.79 Å². The Balaban J connectivity index is 2.29. The minimum atomic E-state index is -0.292. The summed E-state index contributed by atoms with van der Waals surface area (Å²) in [4.78, 5) is 11.1. The number of esters is 1. The number of carbonyl (C=O) groups is 1. The first kappa shape index (κ1) is 12.2. The van der Waals surface area contributed by atoms with Crippen molar-refractivity contribution in [3.63, 3.8) is 0 Å². The molecule has 3 nitrogen and oxygen atoms in total. The van der Waals surface area contributed by atoms with Gasteiger partial charge >= 0.3 is 5.97 Å². The summed E-state index contributed by atoms with van der Waals surface area (Å²) >= 11 is 0. The van der Waals surface area contributed by atoms with Crippen LogP contribution in [0.5, 0.6) is 0 Å². The Kier molecular flexibility index (Phi) is 4.82. The van der Waals surface area contributed by atoms with Gasteiger partial charge in [-0.15, -0.1) is 0 Å². The number of ether oxygens (including phenoxy) is 1. The molecule has 0 aromatic rings. The fourth-order valence-electron chi connectivity index (χ4n) is 2.19. The minimum Gasteiger partial charge on any atom is -0.466 e. The summed E-state index contributed by atoms with van der Waals surface area (Å²) in [5.74, 6) is 0.714. The average molecular weight is 212 g/mol. The van der Waals surface area contributed by atoms with Gasteiger partial charge in [0.05, 0.1) is 7.11 Å². The molecule has 0 spiro atoms. The molecular formula is C12H20O3. The summed E-state index contributed by atoms with van der Waals surface area (Å²) in [7, 11) is 1.39. The molecule has 0 aliphatic heterocycles. The van der Waals surface area contributed by atoms with E-state index in [0.717, 1.165) is 32.1 Å². The fraction of sp³-hybridized carbons (Fsp3) is 0.750. The van der Waals surface area contributed by atoms with E-state index in [1.165, 1.54) is 7.11 Å². The first-order valence-corrected chi connectivity index (χ1v) is 5.54. The molecule has 0 bridgehead atoms. The van der Waals surface area contributed by atoms with Crippen LogP contribution in [-0.2, 0) is 9.53 Å². The Morgan fingerprint density at radius 3 is 2.33 bits per heavy atom. The highest BCUT2D eigenvalue weighted by Crippen LogP contribution is 2.32. The highest BCUT2D eigenvalue weighted by molar-refractivity contribution is 5.87. The number of carbonyl (C=O) groups excluding carboxylic acids is 1. The van der Waals surface area contributed by atoms with Crippen molar-refractivity contribution in [3.8, 4) is 0 Å². The summed E-state index contributed by atoms with van der Waals surface area (Å²) in [5.41, 5.74) is 0.574. The van der Waals surface area contributed by atoms with Crippen molar-refractivity contribution >= 4 is 5.97 Å². The predicted octanol–water partition coefficient (Wildman–Crippen LogP) is 1.90. The van der Waals surface area contributed by atoms with Crippen LogP contribution >= 0.6 is 0 Å². The zero-order valence-electron chi connectivity index (χ0n) is 9.37. The van der Waals surface area contributed by atoms with Gasteiger partial charge in [-0.3, -0.25) is 0 Å². The van der Waals surface area contributed by atoms with E-state index < -0.39 is 0 Å². The number of aliphatic hydroxyl groups excluding tert-OH is 1. The van der Waals surface area contributed by atoms with Gasteiger partial charge < -0.3 is 9.84 Å². The minimum absolute atomic E-state index is 0.292. The van der Waals surface area contributed by atoms with Crippen molar-refractivity contribution in [1.82, 2.24) is 0 Å². The largest absolute Gasteiger partial charge is 0.466 e. The van der Waals surface area contributed by atoms with Crippen LogP contribution in [0, 0.1) is 11.8 Å². The second-order valence-corrected chi connectivity index (χ2v) is 4.37. The number of hydrogen-bond acceptors (Lipinski definition) is 3. The van der Waals surface area contributed by atoms with E-state index in [0.29, 0.717) is 24.0 Å². The summed E-state index contributed by atoms with van der Waals surface area (Å²) in [6.45, 7) is 4.03. The third-order valence-electron chi connectivity index (χ3n) is 3.23. The molecule has 1 fully saturated rings. The molecule has 15 heavy (non-hydrogen) atoms. The van der Waals surface area contributed by atoms with Gasteiger partial charge in [-0.2, -0.15) is 0 Å². The molecule has 0 aromatic carbocycles. The molecular weight excluding hydrogens is 192 g/mol. The second-order valence-electron chi connectivity index (χ2n) is 4.37. The SMILES string of the molecule is C=C(CC1CCC(CO)CC1)C(=O)OC. The highest BCUT2D eigenvalue weighted by atomic mass is 16.5. The van der Waals surface area contributed by atoms with Gasteiger partial charge in [0.25, 0.3) is 0 Å². The van der Waals surface area contributed by atoms with Crippen LogP contribution in [0.2, 0.25) is 0 Å². The van der Waals surface area contributed by atoms with Gasteiger partial charge in [0.15, 0.2) is 0 Å². The van der Waals surface area contributed by atoms with Crippen molar-refractivity contribution in [2.24, 2.45) is 11.8 Å². The van der Waals surface area contributed by atoms with Gasteiger partial charge in [0.1, 0.15) is 0 Å². The van der Waals surface area contributed by atoms with E-state index in [2.05, 4.69) is 11.3 Å². The van der Waals surface area contributed by atoms with Crippen LogP contribution in [0.3, 0.4) is 0 Å². The van der Waals surface area contributed by atoms with Crippen molar-refractivity contribution in [2.75, 3.05) is 13.7 Å². The van der Waals surface area contributed by atoms with E-state index in [-0.39, 0.29) is 5.97 Å². The number of hydrogen-bond donors (Lipinski definition) is 1. The third-order valence-corrected chi connectivity index (χ3v) is 3.23. The van der Waals surface area contributed by atoms with Gasteiger partial charge in [0.2, 0.25) is 0 Å². The summed E-state index contributed by atoms with van der Waals surface area (Å²) in [6, 6.07) is 0. The molecule has 0 unspecified atom stereocenters. The molecule has 1 saturated carbocycles. The van der Waals surface area contributed by atoms with E-state index in [1.807, 2.05) is 0 Å². The number of aliphatic hydroxyl groups is 1. The summed E-state index contributed by atoms with van der Waals surface area (Å²) < 4.78 is 4.62. The molecule has 1 N–H and O–H groups in total. The summed E-state index contributed by atoms with van der Waals surface area (Å²) in [5, 5.41) is 8.99. The molecule has 0 aromatic heterocycles. The third kappa shape index (κ3) is 3.67. The maximum Gasteiger partial charge on any atom is 0.333 e. The zero-order valence-corrected chi connectivity index (χ0v) is 9.37. The quantitative estimate of drug-likeness (QED) is 0.572. The summed E-state index contributed by atoms with van der Waals surface area (Å²) in [6.07, 6.45) is 5.04. The lowest BCUT2D eigenvalue weighted by Gasteiger charge is -2.27. The zero-order chi connectivity index (χ0) is 11.3. The second kappa shape index (κ2) is 5.91. The monoisotopic (exact) mass is 212 g/mol. The molecule has 1 rings (SSSR count). The predicted molar refractivity (Wildman–Crippen MR) is 58.3 cm³/mol. The maximum atomic E-state index is 11.1. The van der Waals surface area contributed by atoms with E-state index in [4.69, 9.17) is 5.11 Å². The Labute approximate surface area is 91.1 Å². The standard InChI is InChI=1S/C12H20O3/c1-9(12(14)15-2)7-10-3-5-11(8-13)6-4-10/h10-11,13H,1,3-8H2,2H3. The lowest BCUT2D eigenvalue weighted by molar-refractivity contribution is -0.136. The van der Waals surface area contributed by atoms with Gasteiger partial charge in [-0.05, 0) is 43.9 Å². The van der Waals surface area contributed by atoms with E-state index in [1.54, 1.807) is 0 Å². The van der Waals surface area contributed by atoms with Crippen molar-refractivity contribution in [3.05, 3.63) is 12.2 Å². The molecule has 0 radical (unpaired) electrons. The Bertz CT molecular complexity index is 227. The first-order chi connectivity index (χ1) is 7.17. The van der Waals surface area contributed by atoms with Crippen LogP contribution in [0.4, 0.5) is 0 Å². The van der Waals surface area contributed by atoms with Crippen molar-refractivity contribution in [2.45, 2.75) is 32.1 Å². The molecule has 0 saturated heterocycles. The van der Waals surface area contributed by atoms with Crippen LogP contribution in [0.1, 0.15) is 32.1 Å². The van der Waals surface area contributed by atoms with Gasteiger partial charge in [-0.25, -0.2) is 4.79 Å². The average Bonchev–Trinajstić information content (AvgIpc) is 2.29. The van der Waals surface area contributed by atoms with Crippen molar-refractivity contribution < 1.29 is 14.6 Å². The molecule has 0 amide bonds. The maximum absolute atomic E-state index is 11.1. The van der Waals surface area contributed by atoms with Crippen LogP contribution in [-0.4, -0.2) is 24.8 Å². The van der Waals surface area contributed by atoms with Crippen LogP contribution in [0.25, 0.3) is 0 Å². The van der Waals surface area contributed by atoms with Gasteiger partial charge in [-0.1, -0.05) is 6.58 Å². The lowest BCUT2D eigenvalue weighted by atomic mass is 9.80. The van der Waals surface area contributed by atoms with Crippen LogP contribution in [0.15, 0.2) is 12.2 Å². The Morgan fingerprint density at radius 2 is 1.87 bits per heavy atom. The van der Waals surface area contributed by atoms with Crippen LogP contribution < -0.4 is 0 Å². The van der Waals surface area contributed by atoms with E-state index >= 15 is 0 Å². The fourth-order valence-corrected chi connectivity index (χ4v) is 2.19. The number of methoxy groups -OCH3 is 1. The molecule has 0 atom stereocenters. The molecule has 1 aliphatic carbocycles. The Hall–Kier alpha value is -0.830. The highest BCUT2D eigenvalue weighted by Gasteiger charge is 2.22. The lowest BCUT2D eigenvalue weighted by Crippen LogP contribution is -2.18. The van der Waals surface area contributed by atoms with Crippen molar-refractivity contribution in [1.29, 1.82) is 0 Å². The Morgan fingerprint density at radius 1 is 1.33 bits per heavy atom. The number of rotatable bonds is 4. The first-order valence-electron chi connectivity index (χ1n) is 5.54. The smallest absolute Gasteiger partial charge is 0.333 e.